The van der Waals surface area contributed by atoms with Crippen molar-refractivity contribution in [2.75, 3.05) is 7.11 Å². The number of methoxy groups -OCH3 is 1. The number of hydrogen-bond acceptors (Lipinski definition) is 3. The van der Waals surface area contributed by atoms with Gasteiger partial charge in [-0.3, -0.25) is 0 Å². The molecule has 0 N–H and O–H groups in total. The van der Waals surface area contributed by atoms with Crippen LogP contribution >= 0.6 is 11.6 Å². The zero-order chi connectivity index (χ0) is 16.8. The number of alkyl halides is 3. The number of halogens is 4. The van der Waals surface area contributed by atoms with Crippen LogP contribution in [-0.2, 0) is 6.18 Å². The molecule has 3 rings (SSSR count). The molecule has 3 aromatic rings. The Morgan fingerprint density at radius 3 is 2.57 bits per heavy atom. The van der Waals surface area contributed by atoms with E-state index >= 15 is 0 Å². The number of fused-ring (bicyclic) bond motifs is 1. The molecule has 0 saturated heterocycles. The minimum atomic E-state index is -4.50. The molecule has 1 aromatic carbocycles. The third kappa shape index (κ3) is 2.72. The number of pyridine rings is 1. The molecule has 8 heteroatoms. The maximum Gasteiger partial charge on any atom is 0.435 e. The second-order valence-electron chi connectivity index (χ2n) is 4.92. The van der Waals surface area contributed by atoms with Crippen LogP contribution in [0.15, 0.2) is 30.5 Å². The number of aromatic nitrogens is 3. The topological polar surface area (TPSA) is 39.9 Å². The predicted molar refractivity (Wildman–Crippen MR) is 80.2 cm³/mol. The first-order chi connectivity index (χ1) is 10.8. The molecule has 2 aromatic heterocycles. The van der Waals surface area contributed by atoms with Gasteiger partial charge in [-0.1, -0.05) is 11.6 Å². The molecule has 120 valence electrons. The first-order valence-corrected chi connectivity index (χ1v) is 6.96. The van der Waals surface area contributed by atoms with E-state index in [0.29, 0.717) is 16.3 Å². The molecule has 0 atom stereocenters. The molecule has 0 radical (unpaired) electrons. The summed E-state index contributed by atoms with van der Waals surface area (Å²) in [5, 5.41) is 4.62. The summed E-state index contributed by atoms with van der Waals surface area (Å²) in [7, 11) is 1.48. The smallest absolute Gasteiger partial charge is 0.435 e. The van der Waals surface area contributed by atoms with Crippen LogP contribution in [-0.4, -0.2) is 21.9 Å². The van der Waals surface area contributed by atoms with E-state index in [1.165, 1.54) is 13.3 Å². The summed E-state index contributed by atoms with van der Waals surface area (Å²) in [5.41, 5.74) is 0.289. The Morgan fingerprint density at radius 2 is 1.96 bits per heavy atom. The second-order valence-corrected chi connectivity index (χ2v) is 5.30. The number of hydrogen-bond donors (Lipinski definition) is 0. The van der Waals surface area contributed by atoms with Gasteiger partial charge in [-0.25, -0.2) is 9.67 Å². The second kappa shape index (κ2) is 5.42. The molecule has 0 unspecified atom stereocenters. The summed E-state index contributed by atoms with van der Waals surface area (Å²) in [6, 6.07) is 6.07. The fourth-order valence-corrected chi connectivity index (χ4v) is 2.55. The Balaban J connectivity index is 2.19. The van der Waals surface area contributed by atoms with Crippen molar-refractivity contribution in [1.29, 1.82) is 0 Å². The zero-order valence-electron chi connectivity index (χ0n) is 12.1. The molecule has 0 amide bonds. The SMILES string of the molecule is COc1ccc2c(C)cc(-n3ccc(C(F)(F)F)n3)nc2c1Cl. The summed E-state index contributed by atoms with van der Waals surface area (Å²) in [5.74, 6) is 0.695. The lowest BCUT2D eigenvalue weighted by atomic mass is 10.1. The Hall–Kier alpha value is -2.28. The van der Waals surface area contributed by atoms with Crippen LogP contribution in [0.4, 0.5) is 13.2 Å². The minimum Gasteiger partial charge on any atom is -0.495 e. The highest BCUT2D eigenvalue weighted by molar-refractivity contribution is 6.36. The fourth-order valence-electron chi connectivity index (χ4n) is 2.27. The summed E-state index contributed by atoms with van der Waals surface area (Å²) in [6.07, 6.45) is -3.29. The molecule has 0 bridgehead atoms. The highest BCUT2D eigenvalue weighted by Gasteiger charge is 2.33. The number of nitrogens with zero attached hydrogens (tertiary/aromatic N) is 3. The van der Waals surface area contributed by atoms with Gasteiger partial charge in [0.2, 0.25) is 0 Å². The lowest BCUT2D eigenvalue weighted by molar-refractivity contribution is -0.141. The molecule has 0 aliphatic heterocycles. The summed E-state index contributed by atoms with van der Waals surface area (Å²) in [6.45, 7) is 1.82. The van der Waals surface area contributed by atoms with Gasteiger partial charge in [0.05, 0.1) is 12.6 Å². The van der Waals surface area contributed by atoms with Crippen LogP contribution in [0.2, 0.25) is 5.02 Å². The van der Waals surface area contributed by atoms with Gasteiger partial charge >= 0.3 is 6.18 Å². The van der Waals surface area contributed by atoms with E-state index in [1.807, 2.05) is 6.92 Å². The van der Waals surface area contributed by atoms with Gasteiger partial charge in [0.25, 0.3) is 0 Å². The standard InChI is InChI=1S/C15H11ClF3N3O/c1-8-7-12(22-6-5-11(21-22)15(17,18)19)20-14-9(8)3-4-10(23-2)13(14)16/h3-7H,1-2H3. The van der Waals surface area contributed by atoms with Crippen LogP contribution in [0.1, 0.15) is 11.3 Å². The molecule has 2 heterocycles. The van der Waals surface area contributed by atoms with Crippen LogP contribution in [0.5, 0.6) is 5.75 Å². The van der Waals surface area contributed by atoms with Gasteiger partial charge in [-0.15, -0.1) is 0 Å². The molecule has 0 spiro atoms. The fraction of sp³-hybridized carbons (Fsp3) is 0.200. The van der Waals surface area contributed by atoms with Crippen molar-refractivity contribution >= 4 is 22.5 Å². The van der Waals surface area contributed by atoms with Crippen molar-refractivity contribution in [2.24, 2.45) is 0 Å². The van der Waals surface area contributed by atoms with Crippen molar-refractivity contribution in [2.45, 2.75) is 13.1 Å². The van der Waals surface area contributed by atoms with Gasteiger partial charge in [-0.05, 0) is 36.8 Å². The molecular weight excluding hydrogens is 331 g/mol. The normalized spacial score (nSPS) is 11.9. The summed E-state index contributed by atoms with van der Waals surface area (Å²) < 4.78 is 44.3. The van der Waals surface area contributed by atoms with Crippen molar-refractivity contribution in [1.82, 2.24) is 14.8 Å². The summed E-state index contributed by atoms with van der Waals surface area (Å²) in [4.78, 5) is 4.33. The molecule has 0 fully saturated rings. The van der Waals surface area contributed by atoms with Crippen LogP contribution < -0.4 is 4.74 Å². The Morgan fingerprint density at radius 1 is 1.22 bits per heavy atom. The number of aryl methyl sites for hydroxylation is 1. The first-order valence-electron chi connectivity index (χ1n) is 6.58. The number of benzene rings is 1. The third-order valence-corrected chi connectivity index (χ3v) is 3.78. The predicted octanol–water partition coefficient (Wildman–Crippen LogP) is 4.41. The highest BCUT2D eigenvalue weighted by Crippen LogP contribution is 2.34. The highest BCUT2D eigenvalue weighted by atomic mass is 35.5. The van der Waals surface area contributed by atoms with E-state index in [1.54, 1.807) is 18.2 Å². The van der Waals surface area contributed by atoms with Crippen LogP contribution in [0.3, 0.4) is 0 Å². The Bertz CT molecular complexity index is 890. The molecule has 0 saturated carbocycles. The van der Waals surface area contributed by atoms with Crippen molar-refractivity contribution in [3.05, 3.63) is 46.7 Å². The number of ether oxygens (including phenoxy) is 1. The van der Waals surface area contributed by atoms with E-state index in [0.717, 1.165) is 21.7 Å². The van der Waals surface area contributed by atoms with Gasteiger partial charge < -0.3 is 4.74 Å². The largest absolute Gasteiger partial charge is 0.495 e. The van der Waals surface area contributed by atoms with Crippen molar-refractivity contribution in [3.63, 3.8) is 0 Å². The third-order valence-electron chi connectivity index (χ3n) is 3.41. The van der Waals surface area contributed by atoms with Gasteiger partial charge in [0.1, 0.15) is 10.8 Å². The average molecular weight is 342 g/mol. The molecule has 0 aliphatic rings. The Labute approximate surface area is 134 Å². The van der Waals surface area contributed by atoms with E-state index in [2.05, 4.69) is 10.1 Å². The maximum atomic E-state index is 12.7. The van der Waals surface area contributed by atoms with Crippen molar-refractivity contribution < 1.29 is 17.9 Å². The monoisotopic (exact) mass is 341 g/mol. The van der Waals surface area contributed by atoms with E-state index in [-0.39, 0.29) is 5.82 Å². The quantitative estimate of drug-likeness (QED) is 0.693. The van der Waals surface area contributed by atoms with Crippen LogP contribution in [0.25, 0.3) is 16.7 Å². The Kier molecular flexibility index (Phi) is 3.68. The average Bonchev–Trinajstić information content (AvgIpc) is 2.98. The minimum absolute atomic E-state index is 0.251. The zero-order valence-corrected chi connectivity index (χ0v) is 12.9. The summed E-state index contributed by atoms with van der Waals surface area (Å²) >= 11 is 6.25. The van der Waals surface area contributed by atoms with Crippen LogP contribution in [0, 0.1) is 6.92 Å². The maximum absolute atomic E-state index is 12.7. The molecule has 0 aliphatic carbocycles. The molecular formula is C15H11ClF3N3O. The first kappa shape index (κ1) is 15.6. The van der Waals surface area contributed by atoms with Gasteiger partial charge in [0, 0.05) is 11.6 Å². The van der Waals surface area contributed by atoms with Gasteiger partial charge in [0.15, 0.2) is 11.5 Å². The molecule has 23 heavy (non-hydrogen) atoms. The lowest BCUT2D eigenvalue weighted by Gasteiger charge is -2.10. The van der Waals surface area contributed by atoms with E-state index in [9.17, 15) is 13.2 Å². The lowest BCUT2D eigenvalue weighted by Crippen LogP contribution is -2.08. The van der Waals surface area contributed by atoms with E-state index in [4.69, 9.17) is 16.3 Å². The van der Waals surface area contributed by atoms with Crippen molar-refractivity contribution in [3.8, 4) is 11.6 Å². The van der Waals surface area contributed by atoms with E-state index < -0.39 is 11.9 Å². The molecule has 4 nitrogen and oxygen atoms in total. The van der Waals surface area contributed by atoms with Gasteiger partial charge in [-0.2, -0.15) is 18.3 Å². The number of rotatable bonds is 2.